The summed E-state index contributed by atoms with van der Waals surface area (Å²) in [5.74, 6) is 0. The van der Waals surface area contributed by atoms with Crippen LogP contribution in [0.25, 0.3) is 0 Å². The molecule has 100 valence electrons. The number of hydrogen-bond acceptors (Lipinski definition) is 2. The van der Waals surface area contributed by atoms with Crippen molar-refractivity contribution >= 4 is 27.5 Å². The minimum Gasteiger partial charge on any atom is -0.392 e. The lowest BCUT2D eigenvalue weighted by atomic mass is 10.1. The molecule has 1 aromatic rings. The van der Waals surface area contributed by atoms with Crippen LogP contribution in [0.4, 0.5) is 0 Å². The molecule has 1 aliphatic rings. The Kier molecular flexibility index (Phi) is 5.49. The maximum absolute atomic E-state index is 10.0. The fraction of sp³-hybridized carbons (Fsp3) is 0.571. The normalized spacial score (nSPS) is 24.8. The second-order valence-corrected chi connectivity index (χ2v) is 6.22. The molecule has 1 saturated carbocycles. The van der Waals surface area contributed by atoms with E-state index in [4.69, 9.17) is 11.6 Å². The fourth-order valence-corrected chi connectivity index (χ4v) is 3.26. The van der Waals surface area contributed by atoms with E-state index < -0.39 is 0 Å². The van der Waals surface area contributed by atoms with Gasteiger partial charge in [-0.1, -0.05) is 52.9 Å². The number of aliphatic hydroxyl groups is 1. The van der Waals surface area contributed by atoms with Crippen molar-refractivity contribution in [3.63, 3.8) is 0 Å². The summed E-state index contributed by atoms with van der Waals surface area (Å²) in [6.07, 6.45) is 5.35. The van der Waals surface area contributed by atoms with Gasteiger partial charge in [0, 0.05) is 22.1 Å². The van der Waals surface area contributed by atoms with E-state index in [1.165, 1.54) is 18.4 Å². The van der Waals surface area contributed by atoms with Crippen LogP contribution in [0.1, 0.15) is 37.7 Å². The van der Waals surface area contributed by atoms with Crippen LogP contribution in [0.5, 0.6) is 0 Å². The molecule has 2 unspecified atom stereocenters. The summed E-state index contributed by atoms with van der Waals surface area (Å²) in [5.41, 5.74) is 1.18. The summed E-state index contributed by atoms with van der Waals surface area (Å²) < 4.78 is 1.02. The minimum atomic E-state index is -0.210. The van der Waals surface area contributed by atoms with Crippen molar-refractivity contribution in [3.8, 4) is 0 Å². The van der Waals surface area contributed by atoms with Gasteiger partial charge in [-0.2, -0.15) is 0 Å². The van der Waals surface area contributed by atoms with Crippen LogP contribution in [0.2, 0.25) is 5.02 Å². The molecule has 18 heavy (non-hydrogen) atoms. The van der Waals surface area contributed by atoms with Crippen LogP contribution in [0.15, 0.2) is 22.7 Å². The second kappa shape index (κ2) is 6.90. The van der Waals surface area contributed by atoms with Gasteiger partial charge in [-0.05, 0) is 30.5 Å². The highest BCUT2D eigenvalue weighted by molar-refractivity contribution is 9.10. The van der Waals surface area contributed by atoms with Crippen molar-refractivity contribution in [1.82, 2.24) is 5.32 Å². The van der Waals surface area contributed by atoms with E-state index >= 15 is 0 Å². The van der Waals surface area contributed by atoms with E-state index in [1.807, 2.05) is 18.2 Å². The third-order valence-corrected chi connectivity index (χ3v) is 4.52. The Balaban J connectivity index is 1.93. The van der Waals surface area contributed by atoms with Crippen molar-refractivity contribution in [2.75, 3.05) is 0 Å². The molecule has 1 fully saturated rings. The summed E-state index contributed by atoms with van der Waals surface area (Å²) >= 11 is 9.44. The quantitative estimate of drug-likeness (QED) is 0.823. The summed E-state index contributed by atoms with van der Waals surface area (Å²) in [6, 6.07) is 6.03. The SMILES string of the molecule is OC1CCCCCC1NCc1ccc(Cl)cc1Br. The van der Waals surface area contributed by atoms with E-state index in [9.17, 15) is 5.11 Å². The Hall–Kier alpha value is -0.0900. The molecule has 2 N–H and O–H groups in total. The fourth-order valence-electron chi connectivity index (χ4n) is 2.43. The van der Waals surface area contributed by atoms with Crippen LogP contribution >= 0.6 is 27.5 Å². The van der Waals surface area contributed by atoms with E-state index in [-0.39, 0.29) is 12.1 Å². The van der Waals surface area contributed by atoms with Crippen molar-refractivity contribution in [2.45, 2.75) is 50.8 Å². The number of hydrogen-bond donors (Lipinski definition) is 2. The number of rotatable bonds is 3. The average molecular weight is 333 g/mol. The van der Waals surface area contributed by atoms with Gasteiger partial charge in [-0.25, -0.2) is 0 Å². The molecular formula is C14H19BrClNO. The van der Waals surface area contributed by atoms with Gasteiger partial charge in [-0.15, -0.1) is 0 Å². The first kappa shape index (κ1) is 14.3. The molecule has 4 heteroatoms. The smallest absolute Gasteiger partial charge is 0.0693 e. The highest BCUT2D eigenvalue weighted by Crippen LogP contribution is 2.23. The largest absolute Gasteiger partial charge is 0.392 e. The van der Waals surface area contributed by atoms with Gasteiger partial charge in [-0.3, -0.25) is 0 Å². The molecule has 0 saturated heterocycles. The van der Waals surface area contributed by atoms with Crippen molar-refractivity contribution in [2.24, 2.45) is 0 Å². The molecule has 0 amide bonds. The summed E-state index contributed by atoms with van der Waals surface area (Å²) in [7, 11) is 0. The summed E-state index contributed by atoms with van der Waals surface area (Å²) in [6.45, 7) is 0.763. The summed E-state index contributed by atoms with van der Waals surface area (Å²) in [4.78, 5) is 0. The maximum Gasteiger partial charge on any atom is 0.0693 e. The van der Waals surface area contributed by atoms with Gasteiger partial charge >= 0.3 is 0 Å². The van der Waals surface area contributed by atoms with Gasteiger partial charge in [0.1, 0.15) is 0 Å². The standard InChI is InChI=1S/C14H19BrClNO/c15-12-8-11(16)7-6-10(12)9-17-13-4-2-1-3-5-14(13)18/h6-8,13-14,17-18H,1-5,9H2. The summed E-state index contributed by atoms with van der Waals surface area (Å²) in [5, 5.41) is 14.2. The zero-order valence-corrected chi connectivity index (χ0v) is 12.7. The molecule has 0 aliphatic heterocycles. The van der Waals surface area contributed by atoms with Crippen LogP contribution in [0.3, 0.4) is 0 Å². The van der Waals surface area contributed by atoms with Crippen molar-refractivity contribution in [3.05, 3.63) is 33.3 Å². The molecule has 1 aromatic carbocycles. The number of aliphatic hydroxyl groups excluding tert-OH is 1. The van der Waals surface area contributed by atoms with E-state index in [1.54, 1.807) is 0 Å². The Bertz CT molecular complexity index is 399. The van der Waals surface area contributed by atoms with Gasteiger partial charge in [0.2, 0.25) is 0 Å². The third-order valence-electron chi connectivity index (χ3n) is 3.55. The molecular weight excluding hydrogens is 314 g/mol. The zero-order chi connectivity index (χ0) is 13.0. The number of benzene rings is 1. The average Bonchev–Trinajstić information content (AvgIpc) is 2.53. The van der Waals surface area contributed by atoms with Crippen molar-refractivity contribution in [1.29, 1.82) is 0 Å². The lowest BCUT2D eigenvalue weighted by Gasteiger charge is -2.22. The van der Waals surface area contributed by atoms with Gasteiger partial charge in [0.25, 0.3) is 0 Å². The monoisotopic (exact) mass is 331 g/mol. The Morgan fingerprint density at radius 3 is 2.83 bits per heavy atom. The highest BCUT2D eigenvalue weighted by Gasteiger charge is 2.20. The molecule has 2 atom stereocenters. The Morgan fingerprint density at radius 1 is 1.28 bits per heavy atom. The molecule has 2 rings (SSSR count). The first-order valence-electron chi connectivity index (χ1n) is 6.52. The number of halogens is 2. The highest BCUT2D eigenvalue weighted by atomic mass is 79.9. The topological polar surface area (TPSA) is 32.3 Å². The molecule has 0 heterocycles. The van der Waals surface area contributed by atoms with E-state index in [2.05, 4.69) is 21.2 Å². The van der Waals surface area contributed by atoms with Crippen LogP contribution in [-0.2, 0) is 6.54 Å². The van der Waals surface area contributed by atoms with Crippen LogP contribution < -0.4 is 5.32 Å². The van der Waals surface area contributed by atoms with Crippen LogP contribution in [0, 0.1) is 0 Å². The predicted molar refractivity (Wildman–Crippen MR) is 78.9 cm³/mol. The Labute approximate surface area is 122 Å². The zero-order valence-electron chi connectivity index (χ0n) is 10.3. The third kappa shape index (κ3) is 3.95. The first-order valence-corrected chi connectivity index (χ1v) is 7.69. The Morgan fingerprint density at radius 2 is 2.06 bits per heavy atom. The first-order chi connectivity index (χ1) is 8.66. The molecule has 0 bridgehead atoms. The predicted octanol–water partition coefficient (Wildman–Crippen LogP) is 3.89. The molecule has 0 radical (unpaired) electrons. The molecule has 0 spiro atoms. The molecule has 1 aliphatic carbocycles. The van der Waals surface area contributed by atoms with Gasteiger partial charge in [0.15, 0.2) is 0 Å². The van der Waals surface area contributed by atoms with E-state index in [0.29, 0.717) is 0 Å². The van der Waals surface area contributed by atoms with E-state index in [0.717, 1.165) is 35.3 Å². The van der Waals surface area contributed by atoms with Gasteiger partial charge in [0.05, 0.1) is 6.10 Å². The minimum absolute atomic E-state index is 0.210. The molecule has 2 nitrogen and oxygen atoms in total. The molecule has 0 aromatic heterocycles. The number of nitrogens with one attached hydrogen (secondary N) is 1. The van der Waals surface area contributed by atoms with Gasteiger partial charge < -0.3 is 10.4 Å². The van der Waals surface area contributed by atoms with Crippen LogP contribution in [-0.4, -0.2) is 17.3 Å². The lowest BCUT2D eigenvalue weighted by Crippen LogP contribution is -2.38. The second-order valence-electron chi connectivity index (χ2n) is 4.93. The lowest BCUT2D eigenvalue weighted by molar-refractivity contribution is 0.119. The maximum atomic E-state index is 10.0. The van der Waals surface area contributed by atoms with Crippen molar-refractivity contribution < 1.29 is 5.11 Å².